The highest BCUT2D eigenvalue weighted by atomic mass is 16.7. The van der Waals surface area contributed by atoms with Gasteiger partial charge in [0.05, 0.1) is 26.4 Å². The Hall–Kier alpha value is -1.46. The first-order chi connectivity index (χ1) is 10.6. The fraction of sp³-hybridized carbons (Fsp3) is 0.444. The number of hydrogen-bond acceptors (Lipinski definition) is 4. The smallest absolute Gasteiger partial charge is 0.192 e. The van der Waals surface area contributed by atoms with Crippen molar-refractivity contribution in [2.75, 3.05) is 26.4 Å². The third-order valence-electron chi connectivity index (χ3n) is 4.57. The molecule has 2 aromatic carbocycles. The molecule has 2 aliphatic rings. The van der Waals surface area contributed by atoms with Gasteiger partial charge in [-0.3, -0.25) is 0 Å². The summed E-state index contributed by atoms with van der Waals surface area (Å²) in [5.74, 6) is -1.29. The summed E-state index contributed by atoms with van der Waals surface area (Å²) in [5.41, 5.74) is 2.07. The van der Waals surface area contributed by atoms with Gasteiger partial charge in [-0.15, -0.1) is 0 Å². The van der Waals surface area contributed by atoms with Crippen LogP contribution in [0.4, 0.5) is 0 Å². The van der Waals surface area contributed by atoms with E-state index in [2.05, 4.69) is 36.4 Å². The standard InChI is InChI=1S/C18H20O4/c1-17(19-7-8-20-17)15-5-3-13-4-6-16(12-14(13)11-15)18(2)21-9-10-22-18/h3-6,11-12H,7-10H2,1-2H3. The highest BCUT2D eigenvalue weighted by Crippen LogP contribution is 2.35. The Balaban J connectivity index is 1.77. The fourth-order valence-corrected chi connectivity index (χ4v) is 3.17. The van der Waals surface area contributed by atoms with Crippen LogP contribution in [0, 0.1) is 0 Å². The van der Waals surface area contributed by atoms with E-state index in [0.717, 1.165) is 16.5 Å². The van der Waals surface area contributed by atoms with Crippen molar-refractivity contribution < 1.29 is 18.9 Å². The quantitative estimate of drug-likeness (QED) is 0.853. The average Bonchev–Trinajstić information content (AvgIpc) is 3.17. The van der Waals surface area contributed by atoms with Crippen molar-refractivity contribution in [3.63, 3.8) is 0 Å². The zero-order valence-electron chi connectivity index (χ0n) is 12.9. The molecule has 4 heteroatoms. The minimum Gasteiger partial charge on any atom is -0.344 e. The predicted octanol–water partition coefficient (Wildman–Crippen LogP) is 3.28. The van der Waals surface area contributed by atoms with Gasteiger partial charge in [0.25, 0.3) is 0 Å². The fourth-order valence-electron chi connectivity index (χ4n) is 3.17. The van der Waals surface area contributed by atoms with Gasteiger partial charge in [0.2, 0.25) is 0 Å². The van der Waals surface area contributed by atoms with Gasteiger partial charge in [-0.25, -0.2) is 0 Å². The molecule has 0 aliphatic carbocycles. The third-order valence-corrected chi connectivity index (χ3v) is 4.57. The summed E-state index contributed by atoms with van der Waals surface area (Å²) in [6, 6.07) is 12.6. The van der Waals surface area contributed by atoms with Crippen LogP contribution < -0.4 is 0 Å². The Kier molecular flexibility index (Phi) is 3.24. The topological polar surface area (TPSA) is 36.9 Å². The van der Waals surface area contributed by atoms with Crippen LogP contribution in [0.1, 0.15) is 25.0 Å². The molecule has 0 saturated carbocycles. The lowest BCUT2D eigenvalue weighted by molar-refractivity contribution is -0.149. The second-order valence-electron chi connectivity index (χ2n) is 6.06. The van der Waals surface area contributed by atoms with Crippen LogP contribution in [0.15, 0.2) is 36.4 Å². The molecule has 2 saturated heterocycles. The molecular formula is C18H20O4. The van der Waals surface area contributed by atoms with Crippen LogP contribution in [0.25, 0.3) is 10.8 Å². The molecule has 4 nitrogen and oxygen atoms in total. The van der Waals surface area contributed by atoms with Crippen LogP contribution in [0.2, 0.25) is 0 Å². The molecule has 2 heterocycles. The minimum absolute atomic E-state index is 0.633. The Morgan fingerprint density at radius 1 is 0.636 bits per heavy atom. The minimum atomic E-state index is -0.644. The van der Waals surface area contributed by atoms with Crippen molar-refractivity contribution in [3.8, 4) is 0 Å². The average molecular weight is 300 g/mol. The van der Waals surface area contributed by atoms with Crippen LogP contribution >= 0.6 is 0 Å². The molecule has 22 heavy (non-hydrogen) atoms. The summed E-state index contributed by atoms with van der Waals surface area (Å²) >= 11 is 0. The number of rotatable bonds is 2. The maximum atomic E-state index is 5.75. The summed E-state index contributed by atoms with van der Waals surface area (Å²) in [6.07, 6.45) is 0. The second-order valence-corrected chi connectivity index (χ2v) is 6.06. The molecule has 0 amide bonds. The van der Waals surface area contributed by atoms with E-state index in [1.807, 2.05) is 13.8 Å². The van der Waals surface area contributed by atoms with Crippen molar-refractivity contribution >= 4 is 10.8 Å². The van der Waals surface area contributed by atoms with Gasteiger partial charge in [-0.1, -0.05) is 24.3 Å². The van der Waals surface area contributed by atoms with Gasteiger partial charge in [0.15, 0.2) is 11.6 Å². The first kappa shape index (κ1) is 14.2. The number of fused-ring (bicyclic) bond motifs is 1. The molecule has 2 fully saturated rings. The maximum absolute atomic E-state index is 5.75. The lowest BCUT2D eigenvalue weighted by atomic mass is 9.98. The Morgan fingerprint density at radius 2 is 1.05 bits per heavy atom. The molecular weight excluding hydrogens is 280 g/mol. The summed E-state index contributed by atoms with van der Waals surface area (Å²) in [7, 11) is 0. The van der Waals surface area contributed by atoms with E-state index in [9.17, 15) is 0 Å². The summed E-state index contributed by atoms with van der Waals surface area (Å²) in [6.45, 7) is 6.47. The van der Waals surface area contributed by atoms with Gasteiger partial charge in [-0.2, -0.15) is 0 Å². The van der Waals surface area contributed by atoms with E-state index < -0.39 is 11.6 Å². The van der Waals surface area contributed by atoms with Crippen molar-refractivity contribution in [2.24, 2.45) is 0 Å². The van der Waals surface area contributed by atoms with E-state index in [4.69, 9.17) is 18.9 Å². The van der Waals surface area contributed by atoms with E-state index in [-0.39, 0.29) is 0 Å². The van der Waals surface area contributed by atoms with Gasteiger partial charge in [-0.05, 0) is 36.8 Å². The molecule has 0 N–H and O–H groups in total. The lowest BCUT2D eigenvalue weighted by Gasteiger charge is -2.25. The largest absolute Gasteiger partial charge is 0.344 e. The van der Waals surface area contributed by atoms with Crippen LogP contribution in [0.3, 0.4) is 0 Å². The number of hydrogen-bond donors (Lipinski definition) is 0. The monoisotopic (exact) mass is 300 g/mol. The summed E-state index contributed by atoms with van der Waals surface area (Å²) in [5, 5.41) is 2.31. The molecule has 0 spiro atoms. The SMILES string of the molecule is CC1(c2ccc3ccc(C4(C)OCCO4)cc3c2)OCCO1. The molecule has 0 atom stereocenters. The number of ether oxygens (including phenoxy) is 4. The van der Waals surface area contributed by atoms with E-state index in [1.54, 1.807) is 0 Å². The highest BCUT2D eigenvalue weighted by Gasteiger charge is 2.34. The third kappa shape index (κ3) is 2.23. The van der Waals surface area contributed by atoms with E-state index >= 15 is 0 Å². The maximum Gasteiger partial charge on any atom is 0.192 e. The number of benzene rings is 2. The molecule has 2 aliphatic heterocycles. The molecule has 4 rings (SSSR count). The van der Waals surface area contributed by atoms with Crippen LogP contribution in [0.5, 0.6) is 0 Å². The lowest BCUT2D eigenvalue weighted by Crippen LogP contribution is -2.23. The first-order valence-electron chi connectivity index (χ1n) is 7.70. The summed E-state index contributed by atoms with van der Waals surface area (Å²) < 4.78 is 23.0. The molecule has 116 valence electrons. The van der Waals surface area contributed by atoms with Crippen LogP contribution in [-0.2, 0) is 30.5 Å². The highest BCUT2D eigenvalue weighted by molar-refractivity contribution is 5.84. The predicted molar refractivity (Wildman–Crippen MR) is 82.5 cm³/mol. The summed E-state index contributed by atoms with van der Waals surface area (Å²) in [4.78, 5) is 0. The molecule has 0 aromatic heterocycles. The Morgan fingerprint density at radius 3 is 1.45 bits per heavy atom. The van der Waals surface area contributed by atoms with Crippen molar-refractivity contribution in [3.05, 3.63) is 47.5 Å². The van der Waals surface area contributed by atoms with Crippen molar-refractivity contribution in [1.82, 2.24) is 0 Å². The molecule has 0 radical (unpaired) electrons. The van der Waals surface area contributed by atoms with E-state index in [0.29, 0.717) is 26.4 Å². The molecule has 0 bridgehead atoms. The van der Waals surface area contributed by atoms with Crippen molar-refractivity contribution in [1.29, 1.82) is 0 Å². The van der Waals surface area contributed by atoms with Gasteiger partial charge >= 0.3 is 0 Å². The second kappa shape index (κ2) is 5.03. The molecule has 0 unspecified atom stereocenters. The van der Waals surface area contributed by atoms with E-state index in [1.165, 1.54) is 5.39 Å². The Labute approximate surface area is 129 Å². The van der Waals surface area contributed by atoms with Crippen LogP contribution in [-0.4, -0.2) is 26.4 Å². The Bertz CT molecular complexity index is 641. The normalized spacial score (nSPS) is 23.2. The molecule has 2 aromatic rings. The van der Waals surface area contributed by atoms with Gasteiger partial charge in [0.1, 0.15) is 0 Å². The first-order valence-corrected chi connectivity index (χ1v) is 7.70. The van der Waals surface area contributed by atoms with Crippen molar-refractivity contribution in [2.45, 2.75) is 25.4 Å². The van der Waals surface area contributed by atoms with Gasteiger partial charge < -0.3 is 18.9 Å². The zero-order chi connectivity index (χ0) is 15.2. The van der Waals surface area contributed by atoms with Gasteiger partial charge in [0, 0.05) is 11.1 Å². The zero-order valence-corrected chi connectivity index (χ0v) is 12.9.